The minimum Gasteiger partial charge on any atom is -0.218 e. The molecular weight excluding hydrogens is 288 g/mol. The molecule has 0 fully saturated rings. The smallest absolute Gasteiger partial charge is 0.170 e. The summed E-state index contributed by atoms with van der Waals surface area (Å²) in [6.07, 6.45) is -0.165. The van der Waals surface area contributed by atoms with Crippen LogP contribution in [0.25, 0.3) is 22.1 Å². The number of aromatic nitrogens is 6. The van der Waals surface area contributed by atoms with E-state index in [4.69, 9.17) is 0 Å². The second kappa shape index (κ2) is 4.87. The maximum atomic E-state index is 4.66. The number of rotatable bonds is 2. The first-order chi connectivity index (χ1) is 11.0. The van der Waals surface area contributed by atoms with Gasteiger partial charge in [-0.05, 0) is 24.3 Å². The van der Waals surface area contributed by atoms with Gasteiger partial charge in [0.2, 0.25) is 0 Å². The highest BCUT2D eigenvalue weighted by atomic mass is 15.6. The molecule has 1 atom stereocenters. The third-order valence-electron chi connectivity index (χ3n) is 3.90. The van der Waals surface area contributed by atoms with Crippen LogP contribution in [0.4, 0.5) is 0 Å². The van der Waals surface area contributed by atoms with Gasteiger partial charge in [0.25, 0.3) is 0 Å². The first-order valence-corrected chi connectivity index (χ1v) is 7.65. The van der Waals surface area contributed by atoms with E-state index in [0.717, 1.165) is 22.1 Å². The van der Waals surface area contributed by atoms with E-state index in [-0.39, 0.29) is 11.6 Å². The summed E-state index contributed by atoms with van der Waals surface area (Å²) in [5, 5.41) is 18.0. The fourth-order valence-electron chi connectivity index (χ4n) is 2.86. The molecule has 0 amide bonds. The Kier molecular flexibility index (Phi) is 2.94. The lowest BCUT2D eigenvalue weighted by atomic mass is 9.92. The summed E-state index contributed by atoms with van der Waals surface area (Å²) < 4.78 is 1.91. The number of hydrogen-bond donors (Lipinski definition) is 0. The number of nitrogens with zero attached hydrogens (tertiary/aromatic N) is 6. The van der Waals surface area contributed by atoms with Crippen LogP contribution >= 0.6 is 0 Å². The van der Waals surface area contributed by atoms with Gasteiger partial charge in [0, 0.05) is 5.41 Å². The maximum absolute atomic E-state index is 4.66. The zero-order chi connectivity index (χ0) is 16.0. The fourth-order valence-corrected chi connectivity index (χ4v) is 2.86. The van der Waals surface area contributed by atoms with Crippen molar-refractivity contribution in [2.24, 2.45) is 5.41 Å². The van der Waals surface area contributed by atoms with Gasteiger partial charge in [0.05, 0.1) is 5.52 Å². The molecule has 0 saturated heterocycles. The molecule has 0 N–H and O–H groups in total. The third kappa shape index (κ3) is 2.27. The van der Waals surface area contributed by atoms with Crippen LogP contribution in [0.5, 0.6) is 0 Å². The largest absolute Gasteiger partial charge is 0.218 e. The highest BCUT2D eigenvalue weighted by molar-refractivity contribution is 5.74. The summed E-state index contributed by atoms with van der Waals surface area (Å²) in [7, 11) is 0. The van der Waals surface area contributed by atoms with Crippen LogP contribution in [0.1, 0.15) is 26.9 Å². The minimum atomic E-state index is -0.165. The molecule has 6 heteroatoms. The van der Waals surface area contributed by atoms with E-state index in [2.05, 4.69) is 41.3 Å². The van der Waals surface area contributed by atoms with Gasteiger partial charge in [-0.1, -0.05) is 50.3 Å². The molecule has 6 nitrogen and oxygen atoms in total. The Bertz CT molecular complexity index is 942. The quantitative estimate of drug-likeness (QED) is 0.570. The van der Waals surface area contributed by atoms with Crippen LogP contribution in [0.15, 0.2) is 48.5 Å². The second-order valence-corrected chi connectivity index (χ2v) is 6.77. The van der Waals surface area contributed by atoms with Gasteiger partial charge in [-0.2, -0.15) is 15.0 Å². The fraction of sp³-hybridized carbons (Fsp3) is 0.294. The summed E-state index contributed by atoms with van der Waals surface area (Å²) in [5.41, 5.74) is 3.48. The van der Waals surface area contributed by atoms with Crippen molar-refractivity contribution in [2.75, 3.05) is 0 Å². The molecule has 4 rings (SSSR count). The molecule has 0 saturated carbocycles. The molecule has 0 spiro atoms. The van der Waals surface area contributed by atoms with Crippen molar-refractivity contribution in [3.63, 3.8) is 0 Å². The Hall–Kier alpha value is -2.76. The van der Waals surface area contributed by atoms with Crippen molar-refractivity contribution in [3.05, 3.63) is 48.5 Å². The summed E-state index contributed by atoms with van der Waals surface area (Å²) in [5.74, 6) is 0. The Morgan fingerprint density at radius 3 is 2.00 bits per heavy atom. The Labute approximate surface area is 133 Å². The van der Waals surface area contributed by atoms with Crippen LogP contribution in [0.2, 0.25) is 0 Å². The first kappa shape index (κ1) is 13.9. The monoisotopic (exact) mass is 306 g/mol. The lowest BCUT2D eigenvalue weighted by Crippen LogP contribution is -2.33. The highest BCUT2D eigenvalue weighted by Gasteiger charge is 2.32. The average molecular weight is 306 g/mol. The van der Waals surface area contributed by atoms with E-state index >= 15 is 0 Å². The van der Waals surface area contributed by atoms with Crippen LogP contribution in [-0.4, -0.2) is 30.0 Å². The van der Waals surface area contributed by atoms with Crippen molar-refractivity contribution < 1.29 is 0 Å². The molecule has 2 aromatic carbocycles. The lowest BCUT2D eigenvalue weighted by molar-refractivity contribution is 0.160. The molecule has 0 radical (unpaired) electrons. The van der Waals surface area contributed by atoms with Crippen LogP contribution < -0.4 is 0 Å². The van der Waals surface area contributed by atoms with Crippen molar-refractivity contribution in [3.8, 4) is 0 Å². The molecule has 2 heterocycles. The van der Waals surface area contributed by atoms with Crippen LogP contribution in [-0.2, 0) is 0 Å². The number of para-hydroxylation sites is 1. The Morgan fingerprint density at radius 2 is 1.39 bits per heavy atom. The predicted octanol–water partition coefficient (Wildman–Crippen LogP) is 3.27. The molecule has 2 aromatic heterocycles. The van der Waals surface area contributed by atoms with Gasteiger partial charge in [0.1, 0.15) is 16.6 Å². The predicted molar refractivity (Wildman–Crippen MR) is 88.9 cm³/mol. The lowest BCUT2D eigenvalue weighted by Gasteiger charge is -2.29. The summed E-state index contributed by atoms with van der Waals surface area (Å²) in [4.78, 5) is 1.76. The Morgan fingerprint density at radius 1 is 0.826 bits per heavy atom. The van der Waals surface area contributed by atoms with E-state index in [1.165, 1.54) is 0 Å². The average Bonchev–Trinajstić information content (AvgIpc) is 3.10. The van der Waals surface area contributed by atoms with Gasteiger partial charge in [0.15, 0.2) is 6.17 Å². The molecule has 23 heavy (non-hydrogen) atoms. The molecule has 116 valence electrons. The van der Waals surface area contributed by atoms with Crippen molar-refractivity contribution in [1.29, 1.82) is 0 Å². The Balaban J connectivity index is 1.94. The van der Waals surface area contributed by atoms with Crippen molar-refractivity contribution in [2.45, 2.75) is 26.9 Å². The van der Waals surface area contributed by atoms with E-state index < -0.39 is 0 Å². The van der Waals surface area contributed by atoms with Crippen molar-refractivity contribution in [1.82, 2.24) is 30.0 Å². The van der Waals surface area contributed by atoms with Crippen LogP contribution in [0, 0.1) is 5.41 Å². The summed E-state index contributed by atoms with van der Waals surface area (Å²) >= 11 is 0. The van der Waals surface area contributed by atoms with Gasteiger partial charge < -0.3 is 0 Å². The van der Waals surface area contributed by atoms with Crippen LogP contribution in [0.3, 0.4) is 0 Å². The number of benzene rings is 2. The number of fused-ring (bicyclic) bond motifs is 2. The molecule has 0 aliphatic heterocycles. The zero-order valence-electron chi connectivity index (χ0n) is 13.4. The maximum Gasteiger partial charge on any atom is 0.170 e. The highest BCUT2D eigenvalue weighted by Crippen LogP contribution is 2.33. The van der Waals surface area contributed by atoms with E-state index in [9.17, 15) is 0 Å². The summed E-state index contributed by atoms with van der Waals surface area (Å²) in [6, 6.07) is 15.8. The molecular formula is C17H18N6. The van der Waals surface area contributed by atoms with E-state index in [1.807, 2.05) is 53.2 Å². The molecule has 1 unspecified atom stereocenters. The normalized spacial score (nSPS) is 13.7. The topological polar surface area (TPSA) is 61.4 Å². The minimum absolute atomic E-state index is 0.133. The third-order valence-corrected chi connectivity index (χ3v) is 3.90. The van der Waals surface area contributed by atoms with Gasteiger partial charge in [-0.15, -0.1) is 5.10 Å². The first-order valence-electron chi connectivity index (χ1n) is 7.65. The molecule has 4 aromatic rings. The zero-order valence-corrected chi connectivity index (χ0v) is 13.4. The SMILES string of the molecule is CC(C)(C)C(n1nc2ccccc2n1)n1nnc2ccccc21. The van der Waals surface area contributed by atoms with E-state index in [0.29, 0.717) is 0 Å². The van der Waals surface area contributed by atoms with Gasteiger partial charge >= 0.3 is 0 Å². The summed E-state index contributed by atoms with van der Waals surface area (Å²) in [6.45, 7) is 6.46. The second-order valence-electron chi connectivity index (χ2n) is 6.77. The molecule has 0 aliphatic carbocycles. The van der Waals surface area contributed by atoms with E-state index in [1.54, 1.807) is 4.80 Å². The van der Waals surface area contributed by atoms with Gasteiger partial charge in [-0.25, -0.2) is 4.68 Å². The molecule has 0 bridgehead atoms. The van der Waals surface area contributed by atoms with Gasteiger partial charge in [-0.3, -0.25) is 0 Å². The number of hydrogen-bond acceptors (Lipinski definition) is 4. The van der Waals surface area contributed by atoms with Crippen molar-refractivity contribution >= 4 is 22.1 Å². The molecule has 0 aliphatic rings. The standard InChI is InChI=1S/C17H18N6/c1-17(2,3)16(22-15-11-7-6-10-14(15)18-21-22)23-19-12-8-4-5-9-13(12)20-23/h4-11,16H,1-3H3.